The van der Waals surface area contributed by atoms with Crippen LogP contribution in [0.1, 0.15) is 24.2 Å². The molecule has 4 nitrogen and oxygen atoms in total. The van der Waals surface area contributed by atoms with Gasteiger partial charge in [-0.05, 0) is 12.5 Å². The van der Waals surface area contributed by atoms with Crippen molar-refractivity contribution in [1.29, 1.82) is 0 Å². The standard InChI is InChI=1S/C12H13BrO4/c1-8(14)17-12(2,11(15)16)10(13)9-6-4-3-5-7-9/h3-7,10H,1-2H3,(H,15,16)/t10-,12-/m0/s1. The average Bonchev–Trinajstić information content (AvgIpc) is 2.28. The van der Waals surface area contributed by atoms with Gasteiger partial charge in [0.2, 0.25) is 5.60 Å². The number of halogens is 1. The van der Waals surface area contributed by atoms with Crippen molar-refractivity contribution in [2.45, 2.75) is 24.3 Å². The van der Waals surface area contributed by atoms with Gasteiger partial charge in [-0.15, -0.1) is 0 Å². The molecule has 0 heterocycles. The summed E-state index contributed by atoms with van der Waals surface area (Å²) in [4.78, 5) is 21.6. The van der Waals surface area contributed by atoms with Crippen molar-refractivity contribution in [3.8, 4) is 0 Å². The smallest absolute Gasteiger partial charge is 0.349 e. The molecule has 2 atom stereocenters. The van der Waals surface area contributed by atoms with Gasteiger partial charge in [-0.1, -0.05) is 46.3 Å². The van der Waals surface area contributed by atoms with Crippen LogP contribution >= 0.6 is 15.9 Å². The topological polar surface area (TPSA) is 63.6 Å². The fourth-order valence-electron chi connectivity index (χ4n) is 1.44. The van der Waals surface area contributed by atoms with E-state index in [1.54, 1.807) is 24.3 Å². The zero-order chi connectivity index (χ0) is 13.1. The maximum absolute atomic E-state index is 11.3. The van der Waals surface area contributed by atoms with E-state index >= 15 is 0 Å². The Kier molecular flexibility index (Phi) is 4.28. The number of aliphatic carboxylic acids is 1. The van der Waals surface area contributed by atoms with Crippen LogP contribution in [0.25, 0.3) is 0 Å². The molecule has 0 amide bonds. The van der Waals surface area contributed by atoms with Gasteiger partial charge in [-0.2, -0.15) is 0 Å². The maximum Gasteiger partial charge on any atom is 0.349 e. The van der Waals surface area contributed by atoms with Gasteiger partial charge < -0.3 is 9.84 Å². The average molecular weight is 301 g/mol. The molecule has 1 aromatic carbocycles. The van der Waals surface area contributed by atoms with E-state index in [-0.39, 0.29) is 0 Å². The normalized spacial score (nSPS) is 15.7. The third-order valence-corrected chi connectivity index (χ3v) is 3.76. The number of carbonyl (C=O) groups excluding carboxylic acids is 1. The first kappa shape index (κ1) is 13.7. The van der Waals surface area contributed by atoms with Crippen molar-refractivity contribution in [3.05, 3.63) is 35.9 Å². The Hall–Kier alpha value is -1.36. The largest absolute Gasteiger partial charge is 0.478 e. The van der Waals surface area contributed by atoms with Crippen molar-refractivity contribution >= 4 is 27.9 Å². The second-order valence-electron chi connectivity index (χ2n) is 3.78. The molecule has 1 N–H and O–H groups in total. The molecule has 0 bridgehead atoms. The second-order valence-corrected chi connectivity index (χ2v) is 4.69. The predicted octanol–water partition coefficient (Wildman–Crippen LogP) is 2.53. The molecule has 0 radical (unpaired) electrons. The minimum atomic E-state index is -1.63. The number of hydrogen-bond donors (Lipinski definition) is 1. The van der Waals surface area contributed by atoms with Gasteiger partial charge in [0.05, 0.1) is 4.83 Å². The summed E-state index contributed by atoms with van der Waals surface area (Å²) in [5, 5.41) is 9.21. The summed E-state index contributed by atoms with van der Waals surface area (Å²) in [6.45, 7) is 2.55. The Morgan fingerprint density at radius 2 is 1.88 bits per heavy atom. The molecule has 92 valence electrons. The minimum absolute atomic E-state index is 0.613. The Morgan fingerprint density at radius 1 is 1.35 bits per heavy atom. The lowest BCUT2D eigenvalue weighted by atomic mass is 9.96. The lowest BCUT2D eigenvalue weighted by Crippen LogP contribution is -2.43. The molecule has 5 heteroatoms. The Balaban J connectivity index is 3.07. The molecule has 0 aromatic heterocycles. The number of alkyl halides is 1. The number of carboxylic acids is 1. The van der Waals surface area contributed by atoms with E-state index in [2.05, 4.69) is 15.9 Å². The highest BCUT2D eigenvalue weighted by molar-refractivity contribution is 9.09. The quantitative estimate of drug-likeness (QED) is 0.685. The van der Waals surface area contributed by atoms with Crippen LogP contribution in [0.4, 0.5) is 0 Å². The number of esters is 1. The summed E-state index contributed by atoms with van der Waals surface area (Å²) in [6.07, 6.45) is 0. The molecule has 0 aliphatic heterocycles. The molecule has 0 unspecified atom stereocenters. The second kappa shape index (κ2) is 5.31. The fourth-order valence-corrected chi connectivity index (χ4v) is 2.04. The Labute approximate surface area is 108 Å². The van der Waals surface area contributed by atoms with Gasteiger partial charge in [-0.25, -0.2) is 4.79 Å². The van der Waals surface area contributed by atoms with Crippen LogP contribution in [-0.2, 0) is 14.3 Å². The van der Waals surface area contributed by atoms with Gasteiger partial charge in [-0.3, -0.25) is 4.79 Å². The summed E-state index contributed by atoms with van der Waals surface area (Å²) < 4.78 is 4.93. The first-order valence-electron chi connectivity index (χ1n) is 5.00. The van der Waals surface area contributed by atoms with Crippen molar-refractivity contribution in [2.75, 3.05) is 0 Å². The van der Waals surface area contributed by atoms with Crippen LogP contribution in [0.15, 0.2) is 30.3 Å². The summed E-state index contributed by atoms with van der Waals surface area (Å²) in [7, 11) is 0. The lowest BCUT2D eigenvalue weighted by molar-refractivity contribution is -0.175. The Bertz CT molecular complexity index is 418. The molecule has 0 aliphatic rings. The van der Waals surface area contributed by atoms with E-state index in [1.807, 2.05) is 6.07 Å². The number of rotatable bonds is 4. The molecule has 0 spiro atoms. The molecule has 1 aromatic rings. The fraction of sp³-hybridized carbons (Fsp3) is 0.333. The van der Waals surface area contributed by atoms with Gasteiger partial charge >= 0.3 is 11.9 Å². The zero-order valence-electron chi connectivity index (χ0n) is 9.51. The third-order valence-electron chi connectivity index (χ3n) is 2.36. The van der Waals surface area contributed by atoms with E-state index < -0.39 is 22.4 Å². The zero-order valence-corrected chi connectivity index (χ0v) is 11.1. The van der Waals surface area contributed by atoms with Crippen LogP contribution in [-0.4, -0.2) is 22.6 Å². The SMILES string of the molecule is CC(=O)O[C@](C)(C(=O)O)[C@@H](Br)c1ccccc1. The van der Waals surface area contributed by atoms with E-state index in [1.165, 1.54) is 13.8 Å². The molecule has 1 rings (SSSR count). The molecule has 0 aliphatic carbocycles. The molecular formula is C12H13BrO4. The van der Waals surface area contributed by atoms with Crippen molar-refractivity contribution in [3.63, 3.8) is 0 Å². The van der Waals surface area contributed by atoms with Crippen LogP contribution in [0.3, 0.4) is 0 Å². The number of carboxylic acid groups (broad SMARTS) is 1. The van der Waals surface area contributed by atoms with E-state index in [0.717, 1.165) is 5.56 Å². The summed E-state index contributed by atoms with van der Waals surface area (Å²) >= 11 is 3.28. The molecule has 0 saturated carbocycles. The molecule has 17 heavy (non-hydrogen) atoms. The maximum atomic E-state index is 11.3. The van der Waals surface area contributed by atoms with E-state index in [9.17, 15) is 14.7 Å². The number of ether oxygens (including phenoxy) is 1. The lowest BCUT2D eigenvalue weighted by Gasteiger charge is -2.29. The Morgan fingerprint density at radius 3 is 2.29 bits per heavy atom. The first-order valence-corrected chi connectivity index (χ1v) is 5.91. The number of hydrogen-bond acceptors (Lipinski definition) is 3. The molecule has 0 fully saturated rings. The van der Waals surface area contributed by atoms with Crippen LogP contribution in [0.2, 0.25) is 0 Å². The summed E-state index contributed by atoms with van der Waals surface area (Å²) in [5.41, 5.74) is -0.897. The number of carbonyl (C=O) groups is 2. The highest BCUT2D eigenvalue weighted by Crippen LogP contribution is 2.37. The van der Waals surface area contributed by atoms with Crippen LogP contribution < -0.4 is 0 Å². The highest BCUT2D eigenvalue weighted by Gasteiger charge is 2.44. The molecular weight excluding hydrogens is 288 g/mol. The third kappa shape index (κ3) is 3.06. The van der Waals surface area contributed by atoms with E-state index in [0.29, 0.717) is 0 Å². The van der Waals surface area contributed by atoms with Gasteiger partial charge in [0.15, 0.2) is 0 Å². The van der Waals surface area contributed by atoms with Crippen molar-refractivity contribution < 1.29 is 19.4 Å². The minimum Gasteiger partial charge on any atom is -0.478 e. The van der Waals surface area contributed by atoms with Crippen molar-refractivity contribution in [1.82, 2.24) is 0 Å². The first-order chi connectivity index (χ1) is 7.88. The highest BCUT2D eigenvalue weighted by atomic mass is 79.9. The summed E-state index contributed by atoms with van der Waals surface area (Å²) in [5.74, 6) is -1.83. The van der Waals surface area contributed by atoms with Gasteiger partial charge in [0, 0.05) is 6.92 Å². The summed E-state index contributed by atoms with van der Waals surface area (Å²) in [6, 6.07) is 8.95. The van der Waals surface area contributed by atoms with E-state index in [4.69, 9.17) is 4.74 Å². The van der Waals surface area contributed by atoms with Gasteiger partial charge in [0.1, 0.15) is 0 Å². The van der Waals surface area contributed by atoms with Crippen molar-refractivity contribution in [2.24, 2.45) is 0 Å². The van der Waals surface area contributed by atoms with Crippen LogP contribution in [0.5, 0.6) is 0 Å². The molecule has 0 saturated heterocycles. The monoisotopic (exact) mass is 300 g/mol. The number of benzene rings is 1. The predicted molar refractivity (Wildman–Crippen MR) is 65.9 cm³/mol. The van der Waals surface area contributed by atoms with Crippen LogP contribution in [0, 0.1) is 0 Å². The van der Waals surface area contributed by atoms with Gasteiger partial charge in [0.25, 0.3) is 0 Å².